The second-order valence-corrected chi connectivity index (χ2v) is 5.01. The molecule has 1 aromatic heterocycles. The Morgan fingerprint density at radius 2 is 1.91 bits per heavy atom. The van der Waals surface area contributed by atoms with E-state index in [1.807, 2.05) is 6.92 Å². The maximum atomic E-state index is 12.9. The SMILES string of the molecule is CCNCCNC(=O)c1csc(-c2ccc(F)cc2)n1.Cl.Cl. The van der Waals surface area contributed by atoms with Gasteiger partial charge < -0.3 is 10.6 Å². The fraction of sp³-hybridized carbons (Fsp3) is 0.286. The third-order valence-corrected chi connectivity index (χ3v) is 3.56. The maximum absolute atomic E-state index is 12.9. The number of rotatable bonds is 6. The largest absolute Gasteiger partial charge is 0.349 e. The van der Waals surface area contributed by atoms with Gasteiger partial charge in [-0.15, -0.1) is 36.2 Å². The van der Waals surface area contributed by atoms with E-state index in [2.05, 4.69) is 15.6 Å². The zero-order valence-corrected chi connectivity index (χ0v) is 14.4. The Kier molecular flexibility index (Phi) is 9.93. The molecule has 0 aliphatic heterocycles. The van der Waals surface area contributed by atoms with Gasteiger partial charge in [0.05, 0.1) is 0 Å². The highest BCUT2D eigenvalue weighted by atomic mass is 35.5. The third-order valence-electron chi connectivity index (χ3n) is 2.67. The highest BCUT2D eigenvalue weighted by Crippen LogP contribution is 2.23. The summed E-state index contributed by atoms with van der Waals surface area (Å²) in [7, 11) is 0. The van der Waals surface area contributed by atoms with Crippen molar-refractivity contribution in [2.75, 3.05) is 19.6 Å². The van der Waals surface area contributed by atoms with Crippen LogP contribution in [0.3, 0.4) is 0 Å². The van der Waals surface area contributed by atoms with Crippen molar-refractivity contribution < 1.29 is 9.18 Å². The molecule has 22 heavy (non-hydrogen) atoms. The van der Waals surface area contributed by atoms with Gasteiger partial charge in [0.25, 0.3) is 5.91 Å². The molecule has 0 saturated heterocycles. The van der Waals surface area contributed by atoms with Gasteiger partial charge in [-0.05, 0) is 30.8 Å². The van der Waals surface area contributed by atoms with E-state index in [0.29, 0.717) is 17.2 Å². The van der Waals surface area contributed by atoms with Crippen LogP contribution in [0.25, 0.3) is 10.6 Å². The molecule has 0 bridgehead atoms. The molecule has 0 aliphatic carbocycles. The molecular formula is C14H18Cl2FN3OS. The summed E-state index contributed by atoms with van der Waals surface area (Å²) < 4.78 is 12.9. The van der Waals surface area contributed by atoms with Crippen molar-refractivity contribution in [3.8, 4) is 10.6 Å². The molecule has 0 unspecified atom stereocenters. The summed E-state index contributed by atoms with van der Waals surface area (Å²) in [4.78, 5) is 16.1. The Morgan fingerprint density at radius 1 is 1.23 bits per heavy atom. The zero-order chi connectivity index (χ0) is 14.4. The molecule has 2 N–H and O–H groups in total. The molecular weight excluding hydrogens is 348 g/mol. The third kappa shape index (κ3) is 5.88. The number of carbonyl (C=O) groups is 1. The van der Waals surface area contributed by atoms with Gasteiger partial charge in [0.1, 0.15) is 16.5 Å². The Labute approximate surface area is 145 Å². The van der Waals surface area contributed by atoms with E-state index in [1.165, 1.54) is 23.5 Å². The average Bonchev–Trinajstić information content (AvgIpc) is 2.94. The molecule has 0 aliphatic rings. The van der Waals surface area contributed by atoms with Gasteiger partial charge >= 0.3 is 0 Å². The molecule has 1 heterocycles. The number of likely N-dealkylation sites (N-methyl/N-ethyl adjacent to an activating group) is 1. The van der Waals surface area contributed by atoms with Crippen molar-refractivity contribution in [3.05, 3.63) is 41.2 Å². The first-order valence-electron chi connectivity index (χ1n) is 6.41. The summed E-state index contributed by atoms with van der Waals surface area (Å²) in [5.41, 5.74) is 1.20. The molecule has 2 aromatic rings. The number of carbonyl (C=O) groups excluding carboxylic acids is 1. The molecule has 0 saturated carbocycles. The first-order valence-corrected chi connectivity index (χ1v) is 7.29. The highest BCUT2D eigenvalue weighted by Gasteiger charge is 2.11. The van der Waals surface area contributed by atoms with Gasteiger partial charge in [-0.25, -0.2) is 9.37 Å². The van der Waals surface area contributed by atoms with E-state index in [-0.39, 0.29) is 36.5 Å². The van der Waals surface area contributed by atoms with E-state index in [4.69, 9.17) is 0 Å². The van der Waals surface area contributed by atoms with E-state index < -0.39 is 0 Å². The van der Waals surface area contributed by atoms with Crippen LogP contribution in [0.2, 0.25) is 0 Å². The lowest BCUT2D eigenvalue weighted by atomic mass is 10.2. The molecule has 1 amide bonds. The summed E-state index contributed by atoms with van der Waals surface area (Å²) in [6.45, 7) is 4.19. The standard InChI is InChI=1S/C14H16FN3OS.2ClH/c1-2-16-7-8-17-13(19)12-9-20-14(18-12)10-3-5-11(15)6-4-10;;/h3-6,9,16H,2,7-8H2,1H3,(H,17,19);2*1H. The second-order valence-electron chi connectivity index (χ2n) is 4.15. The molecule has 1 aromatic carbocycles. The molecule has 8 heteroatoms. The van der Waals surface area contributed by atoms with Crippen molar-refractivity contribution in [1.82, 2.24) is 15.6 Å². The Balaban J connectivity index is 0.00000220. The smallest absolute Gasteiger partial charge is 0.270 e. The van der Waals surface area contributed by atoms with Crippen molar-refractivity contribution in [1.29, 1.82) is 0 Å². The van der Waals surface area contributed by atoms with Crippen LogP contribution in [0.4, 0.5) is 4.39 Å². The number of nitrogens with zero attached hydrogens (tertiary/aromatic N) is 1. The molecule has 2 rings (SSSR count). The Morgan fingerprint density at radius 3 is 2.55 bits per heavy atom. The lowest BCUT2D eigenvalue weighted by molar-refractivity contribution is 0.0950. The zero-order valence-electron chi connectivity index (χ0n) is 12.0. The quantitative estimate of drug-likeness (QED) is 0.773. The minimum Gasteiger partial charge on any atom is -0.349 e. The fourth-order valence-corrected chi connectivity index (χ4v) is 2.44. The van der Waals surface area contributed by atoms with E-state index >= 15 is 0 Å². The number of amides is 1. The summed E-state index contributed by atoms with van der Waals surface area (Å²) in [5.74, 6) is -0.473. The first-order chi connectivity index (χ1) is 9.70. The van der Waals surface area contributed by atoms with Gasteiger partial charge in [-0.1, -0.05) is 6.92 Å². The molecule has 122 valence electrons. The van der Waals surface area contributed by atoms with Crippen molar-refractivity contribution in [2.45, 2.75) is 6.92 Å². The topological polar surface area (TPSA) is 54.0 Å². The van der Waals surface area contributed by atoms with Crippen LogP contribution >= 0.6 is 36.2 Å². The van der Waals surface area contributed by atoms with Gasteiger partial charge in [-0.3, -0.25) is 4.79 Å². The van der Waals surface area contributed by atoms with Gasteiger partial charge in [-0.2, -0.15) is 0 Å². The number of hydrogen-bond acceptors (Lipinski definition) is 4. The van der Waals surface area contributed by atoms with Gasteiger partial charge in [0.2, 0.25) is 0 Å². The Bertz CT molecular complexity index is 578. The van der Waals surface area contributed by atoms with Crippen molar-refractivity contribution in [3.63, 3.8) is 0 Å². The molecule has 0 fully saturated rings. The van der Waals surface area contributed by atoms with Crippen LogP contribution in [0.1, 0.15) is 17.4 Å². The minimum atomic E-state index is -0.285. The number of nitrogens with one attached hydrogen (secondary N) is 2. The highest BCUT2D eigenvalue weighted by molar-refractivity contribution is 7.13. The average molecular weight is 366 g/mol. The number of aromatic nitrogens is 1. The van der Waals surface area contributed by atoms with Gasteiger partial charge in [0.15, 0.2) is 0 Å². The van der Waals surface area contributed by atoms with E-state index in [1.54, 1.807) is 17.5 Å². The molecule has 0 radical (unpaired) electrons. The van der Waals surface area contributed by atoms with Gasteiger partial charge in [0, 0.05) is 24.0 Å². The van der Waals surface area contributed by atoms with E-state index in [0.717, 1.165) is 18.7 Å². The summed E-state index contributed by atoms with van der Waals surface area (Å²) >= 11 is 1.37. The number of benzene rings is 1. The lowest BCUT2D eigenvalue weighted by Gasteiger charge is -2.03. The van der Waals surface area contributed by atoms with E-state index in [9.17, 15) is 9.18 Å². The fourth-order valence-electron chi connectivity index (χ4n) is 1.63. The van der Waals surface area contributed by atoms with Crippen LogP contribution in [0.15, 0.2) is 29.6 Å². The normalized spacial score (nSPS) is 9.55. The monoisotopic (exact) mass is 365 g/mol. The number of thiazole rings is 1. The van der Waals surface area contributed by atoms with Crippen LogP contribution in [0, 0.1) is 5.82 Å². The lowest BCUT2D eigenvalue weighted by Crippen LogP contribution is -2.31. The first kappa shape index (κ1) is 20.8. The maximum Gasteiger partial charge on any atom is 0.270 e. The summed E-state index contributed by atoms with van der Waals surface area (Å²) in [5, 5.41) is 8.33. The second kappa shape index (κ2) is 10.5. The van der Waals surface area contributed by atoms with Crippen LogP contribution in [-0.4, -0.2) is 30.5 Å². The predicted molar refractivity (Wildman–Crippen MR) is 92.9 cm³/mol. The molecule has 0 atom stereocenters. The predicted octanol–water partition coefficient (Wildman–Crippen LogP) is 3.13. The van der Waals surface area contributed by atoms with Crippen LogP contribution < -0.4 is 10.6 Å². The van der Waals surface area contributed by atoms with Crippen LogP contribution in [0.5, 0.6) is 0 Å². The molecule has 4 nitrogen and oxygen atoms in total. The van der Waals surface area contributed by atoms with Crippen LogP contribution in [-0.2, 0) is 0 Å². The summed E-state index contributed by atoms with van der Waals surface area (Å²) in [6, 6.07) is 6.07. The number of halogens is 3. The van der Waals surface area contributed by atoms with Crippen molar-refractivity contribution >= 4 is 42.1 Å². The number of hydrogen-bond donors (Lipinski definition) is 2. The summed E-state index contributed by atoms with van der Waals surface area (Å²) in [6.07, 6.45) is 0. The minimum absolute atomic E-state index is 0. The van der Waals surface area contributed by atoms with Crippen molar-refractivity contribution in [2.24, 2.45) is 0 Å². The Hall–Kier alpha value is -1.21. The molecule has 0 spiro atoms.